The number of amides is 1. The number of rotatable bonds is 4. The first-order chi connectivity index (χ1) is 8.45. The molecule has 0 radical (unpaired) electrons. The maximum Gasteiger partial charge on any atom is 0.248 e. The van der Waals surface area contributed by atoms with Crippen LogP contribution in [0.3, 0.4) is 0 Å². The molecule has 0 aliphatic rings. The monoisotopic (exact) mass is 266 g/mol. The van der Waals surface area contributed by atoms with Gasteiger partial charge in [-0.05, 0) is 19.1 Å². The highest BCUT2D eigenvalue weighted by atomic mass is 32.2. The number of benzene rings is 1. The van der Waals surface area contributed by atoms with Gasteiger partial charge in [0, 0.05) is 6.08 Å². The molecule has 1 aromatic carbocycles. The van der Waals surface area contributed by atoms with Gasteiger partial charge in [0.2, 0.25) is 15.9 Å². The maximum absolute atomic E-state index is 11.5. The van der Waals surface area contributed by atoms with Crippen LogP contribution in [0.5, 0.6) is 0 Å². The molecule has 0 saturated heterocycles. The molecule has 0 aliphatic heterocycles. The second-order valence-electron chi connectivity index (χ2n) is 3.42. The van der Waals surface area contributed by atoms with Crippen LogP contribution in [0.25, 0.3) is 0 Å². The van der Waals surface area contributed by atoms with Gasteiger partial charge in [0.05, 0.1) is 5.69 Å². The Morgan fingerprint density at radius 2 is 1.94 bits per heavy atom. The van der Waals surface area contributed by atoms with Crippen LogP contribution in [-0.2, 0) is 14.8 Å². The number of hydrogen-bond donors (Lipinski definition) is 2. The summed E-state index contributed by atoms with van der Waals surface area (Å²) in [6.45, 7) is 1.82. The first-order valence-corrected chi connectivity index (χ1v) is 6.72. The zero-order chi connectivity index (χ0) is 13.6. The van der Waals surface area contributed by atoms with Gasteiger partial charge in [-0.1, -0.05) is 30.4 Å². The van der Waals surface area contributed by atoms with Gasteiger partial charge >= 0.3 is 0 Å². The lowest BCUT2D eigenvalue weighted by atomic mass is 10.3. The molecule has 96 valence electrons. The first kappa shape index (κ1) is 14.1. The number of nitrogens with one attached hydrogen (secondary N) is 1. The Bertz CT molecular complexity index is 589. The van der Waals surface area contributed by atoms with Crippen LogP contribution in [0.1, 0.15) is 6.92 Å². The summed E-state index contributed by atoms with van der Waals surface area (Å²) in [4.78, 5) is 11.4. The molecule has 0 spiro atoms. The van der Waals surface area contributed by atoms with E-state index < -0.39 is 15.9 Å². The van der Waals surface area contributed by atoms with Crippen LogP contribution in [0.15, 0.2) is 53.5 Å². The Kier molecular flexibility index (Phi) is 4.82. The van der Waals surface area contributed by atoms with Gasteiger partial charge in [-0.2, -0.15) is 0 Å². The average molecular weight is 266 g/mol. The molecule has 0 bridgehead atoms. The number of hydrogen-bond acceptors (Lipinski definition) is 3. The molecule has 6 heteroatoms. The topological polar surface area (TPSA) is 89.3 Å². The van der Waals surface area contributed by atoms with E-state index in [-0.39, 0.29) is 10.6 Å². The number of carbonyl (C=O) groups excluding carboxylic acids is 1. The Balaban J connectivity index is 2.95. The fourth-order valence-corrected chi connectivity index (χ4v) is 1.94. The van der Waals surface area contributed by atoms with Gasteiger partial charge in [-0.3, -0.25) is 4.79 Å². The molecule has 0 aliphatic carbocycles. The SMILES string of the molecule is C/C=C/C=C/C(=O)Nc1ccccc1S(N)(=O)=O. The van der Waals surface area contributed by atoms with Crippen LogP contribution in [0, 0.1) is 0 Å². The van der Waals surface area contributed by atoms with E-state index in [1.807, 2.05) is 6.92 Å². The number of allylic oxidation sites excluding steroid dienone is 3. The summed E-state index contributed by atoms with van der Waals surface area (Å²) >= 11 is 0. The number of nitrogens with two attached hydrogens (primary N) is 1. The number of primary sulfonamides is 1. The molecule has 1 aromatic rings. The third kappa shape index (κ3) is 4.15. The lowest BCUT2D eigenvalue weighted by Gasteiger charge is -2.07. The predicted octanol–water partition coefficient (Wildman–Crippen LogP) is 1.40. The molecule has 1 amide bonds. The van der Waals surface area contributed by atoms with Crippen LogP contribution in [-0.4, -0.2) is 14.3 Å². The van der Waals surface area contributed by atoms with Crippen molar-refractivity contribution in [3.05, 3.63) is 48.6 Å². The van der Waals surface area contributed by atoms with Crippen molar-refractivity contribution < 1.29 is 13.2 Å². The minimum atomic E-state index is -3.86. The van der Waals surface area contributed by atoms with E-state index in [1.165, 1.54) is 24.3 Å². The quantitative estimate of drug-likeness (QED) is 0.637. The molecular weight excluding hydrogens is 252 g/mol. The van der Waals surface area contributed by atoms with E-state index in [0.717, 1.165) is 0 Å². The molecule has 1 rings (SSSR count). The third-order valence-electron chi connectivity index (χ3n) is 2.00. The Morgan fingerprint density at radius 3 is 2.56 bits per heavy atom. The van der Waals surface area contributed by atoms with Gasteiger partial charge in [-0.15, -0.1) is 0 Å². The van der Waals surface area contributed by atoms with Crippen LogP contribution >= 0.6 is 0 Å². The van der Waals surface area contributed by atoms with Gasteiger partial charge in [0.25, 0.3) is 0 Å². The van der Waals surface area contributed by atoms with Crippen molar-refractivity contribution in [3.8, 4) is 0 Å². The Labute approximate surface area is 106 Å². The number of anilines is 1. The van der Waals surface area contributed by atoms with Crippen molar-refractivity contribution in [3.63, 3.8) is 0 Å². The summed E-state index contributed by atoms with van der Waals surface area (Å²) < 4.78 is 22.6. The summed E-state index contributed by atoms with van der Waals surface area (Å²) in [6.07, 6.45) is 6.29. The lowest BCUT2D eigenvalue weighted by Crippen LogP contribution is -2.17. The van der Waals surface area contributed by atoms with Crippen molar-refractivity contribution in [2.45, 2.75) is 11.8 Å². The van der Waals surface area contributed by atoms with E-state index in [2.05, 4.69) is 5.32 Å². The molecule has 0 unspecified atom stereocenters. The van der Waals surface area contributed by atoms with E-state index in [0.29, 0.717) is 0 Å². The summed E-state index contributed by atoms with van der Waals surface area (Å²) in [5, 5.41) is 7.50. The maximum atomic E-state index is 11.5. The fraction of sp³-hybridized carbons (Fsp3) is 0.0833. The largest absolute Gasteiger partial charge is 0.321 e. The van der Waals surface area contributed by atoms with Crippen LogP contribution < -0.4 is 10.5 Å². The molecule has 3 N–H and O–H groups in total. The molecule has 0 atom stereocenters. The highest BCUT2D eigenvalue weighted by molar-refractivity contribution is 7.89. The molecule has 0 fully saturated rings. The number of carbonyl (C=O) groups is 1. The summed E-state index contributed by atoms with van der Waals surface area (Å²) in [7, 11) is -3.86. The molecule has 0 saturated carbocycles. The molecule has 5 nitrogen and oxygen atoms in total. The first-order valence-electron chi connectivity index (χ1n) is 5.17. The minimum Gasteiger partial charge on any atom is -0.321 e. The van der Waals surface area contributed by atoms with E-state index in [1.54, 1.807) is 24.3 Å². The number of para-hydroxylation sites is 1. The molecule has 0 aromatic heterocycles. The predicted molar refractivity (Wildman–Crippen MR) is 70.4 cm³/mol. The van der Waals surface area contributed by atoms with Gasteiger partial charge < -0.3 is 5.32 Å². The zero-order valence-electron chi connectivity index (χ0n) is 9.83. The minimum absolute atomic E-state index is 0.113. The van der Waals surface area contributed by atoms with Crippen molar-refractivity contribution in [1.82, 2.24) is 0 Å². The Hall–Kier alpha value is -1.92. The van der Waals surface area contributed by atoms with Crippen molar-refractivity contribution >= 4 is 21.6 Å². The second-order valence-corrected chi connectivity index (χ2v) is 4.95. The van der Waals surface area contributed by atoms with Crippen LogP contribution in [0.2, 0.25) is 0 Å². The van der Waals surface area contributed by atoms with E-state index in [4.69, 9.17) is 5.14 Å². The third-order valence-corrected chi connectivity index (χ3v) is 2.97. The van der Waals surface area contributed by atoms with Gasteiger partial charge in [0.15, 0.2) is 0 Å². The summed E-state index contributed by atoms with van der Waals surface area (Å²) in [5.74, 6) is -0.427. The Morgan fingerprint density at radius 1 is 1.28 bits per heavy atom. The highest BCUT2D eigenvalue weighted by Crippen LogP contribution is 2.18. The summed E-state index contributed by atoms with van der Waals surface area (Å²) in [5.41, 5.74) is 0.162. The number of sulfonamides is 1. The van der Waals surface area contributed by atoms with Crippen molar-refractivity contribution in [2.24, 2.45) is 5.14 Å². The van der Waals surface area contributed by atoms with Gasteiger partial charge in [0.1, 0.15) is 4.90 Å². The molecular formula is C12H14N2O3S. The smallest absolute Gasteiger partial charge is 0.248 e. The summed E-state index contributed by atoms with van der Waals surface area (Å²) in [6, 6.07) is 5.95. The second kappa shape index (κ2) is 6.13. The van der Waals surface area contributed by atoms with Crippen LogP contribution in [0.4, 0.5) is 5.69 Å². The molecule has 0 heterocycles. The fourth-order valence-electron chi connectivity index (χ4n) is 1.25. The standard InChI is InChI=1S/C12H14N2O3S/c1-2-3-4-9-12(15)14-10-7-5-6-8-11(10)18(13,16)17/h2-9H,1H3,(H,14,15)(H2,13,16,17)/b3-2+,9-4+. The van der Waals surface area contributed by atoms with Crippen molar-refractivity contribution in [1.29, 1.82) is 0 Å². The molecule has 18 heavy (non-hydrogen) atoms. The average Bonchev–Trinajstić information content (AvgIpc) is 2.28. The van der Waals surface area contributed by atoms with E-state index >= 15 is 0 Å². The van der Waals surface area contributed by atoms with E-state index in [9.17, 15) is 13.2 Å². The zero-order valence-corrected chi connectivity index (χ0v) is 10.6. The highest BCUT2D eigenvalue weighted by Gasteiger charge is 2.13. The lowest BCUT2D eigenvalue weighted by molar-refractivity contribution is -0.111. The normalized spacial score (nSPS) is 12.1. The van der Waals surface area contributed by atoms with Gasteiger partial charge in [-0.25, -0.2) is 13.6 Å². The van der Waals surface area contributed by atoms with Crippen molar-refractivity contribution in [2.75, 3.05) is 5.32 Å².